The highest BCUT2D eigenvalue weighted by atomic mass is 16.6. The maximum absolute atomic E-state index is 12.4. The molecule has 0 radical (unpaired) electrons. The Bertz CT molecular complexity index is 624. The third-order valence-corrected chi connectivity index (χ3v) is 5.34. The molecular weight excluding hydrogens is 306 g/mol. The lowest BCUT2D eigenvalue weighted by Gasteiger charge is -2.42. The number of fused-ring (bicyclic) bond motifs is 2. The van der Waals surface area contributed by atoms with Crippen molar-refractivity contribution in [3.05, 3.63) is 12.2 Å². The van der Waals surface area contributed by atoms with Gasteiger partial charge in [0.05, 0.1) is 24.0 Å². The van der Waals surface area contributed by atoms with Crippen LogP contribution in [0.15, 0.2) is 12.2 Å². The largest absolute Gasteiger partial charge is 0.481 e. The molecule has 2 bridgehead atoms. The van der Waals surface area contributed by atoms with E-state index < -0.39 is 42.3 Å². The number of carbonyl (C=O) groups is 4. The second kappa shape index (κ2) is 4.89. The molecule has 3 saturated carbocycles. The van der Waals surface area contributed by atoms with Gasteiger partial charge in [0, 0.05) is 24.0 Å². The highest BCUT2D eigenvalue weighted by Crippen LogP contribution is 2.58. The third kappa shape index (κ3) is 2.08. The zero-order valence-electron chi connectivity index (χ0n) is 12.1. The fourth-order valence-electron chi connectivity index (χ4n) is 4.28. The quantitative estimate of drug-likeness (QED) is 0.423. The summed E-state index contributed by atoms with van der Waals surface area (Å²) in [5, 5.41) is 9.49. The summed E-state index contributed by atoms with van der Waals surface area (Å²) in [5.74, 6) is -4.73. The Kier molecular flexibility index (Phi) is 3.06. The number of carbonyl (C=O) groups excluding carboxylic acids is 3. The van der Waals surface area contributed by atoms with Gasteiger partial charge in [-0.05, 0) is 12.8 Å². The van der Waals surface area contributed by atoms with E-state index in [2.05, 4.69) is 0 Å². The molecule has 3 aliphatic carbocycles. The number of hydrogen-bond acceptors (Lipinski definition) is 6. The van der Waals surface area contributed by atoms with E-state index in [4.69, 9.17) is 9.47 Å². The maximum Gasteiger partial charge on any atom is 0.311 e. The normalized spacial score (nSPS) is 40.3. The number of epoxide rings is 1. The first-order chi connectivity index (χ1) is 11.0. The molecule has 8 heteroatoms. The molecule has 8 nitrogen and oxygen atoms in total. The molecule has 0 aromatic heterocycles. The zero-order chi connectivity index (χ0) is 16.3. The lowest BCUT2D eigenvalue weighted by atomic mass is 9.58. The van der Waals surface area contributed by atoms with Gasteiger partial charge in [-0.2, -0.15) is 0 Å². The van der Waals surface area contributed by atoms with Crippen LogP contribution < -0.4 is 0 Å². The summed E-state index contributed by atoms with van der Waals surface area (Å²) in [6.45, 7) is -0.487. The number of hydrogen-bond donors (Lipinski definition) is 1. The van der Waals surface area contributed by atoms with Crippen LogP contribution in [0.2, 0.25) is 0 Å². The van der Waals surface area contributed by atoms with Gasteiger partial charge in [-0.1, -0.05) is 0 Å². The second-order valence-electron chi connectivity index (χ2n) is 6.39. The van der Waals surface area contributed by atoms with Gasteiger partial charge < -0.3 is 14.6 Å². The van der Waals surface area contributed by atoms with Gasteiger partial charge in [-0.3, -0.25) is 19.2 Å². The molecule has 0 aromatic carbocycles. The van der Waals surface area contributed by atoms with Gasteiger partial charge >= 0.3 is 11.9 Å². The Hall–Kier alpha value is -2.22. The van der Waals surface area contributed by atoms with Crippen LogP contribution in [0, 0.1) is 23.7 Å². The van der Waals surface area contributed by atoms with E-state index >= 15 is 0 Å². The fourth-order valence-corrected chi connectivity index (χ4v) is 4.28. The molecule has 1 saturated heterocycles. The van der Waals surface area contributed by atoms with E-state index in [0.717, 1.165) is 29.9 Å². The molecule has 6 unspecified atom stereocenters. The number of carboxylic acids is 1. The Balaban J connectivity index is 1.47. The zero-order valence-corrected chi connectivity index (χ0v) is 12.1. The minimum absolute atomic E-state index is 0.0511. The number of imide groups is 1. The summed E-state index contributed by atoms with van der Waals surface area (Å²) >= 11 is 0. The number of ether oxygens (including phenoxy) is 2. The van der Waals surface area contributed by atoms with Gasteiger partial charge in [0.2, 0.25) is 0 Å². The average molecular weight is 321 g/mol. The van der Waals surface area contributed by atoms with Crippen LogP contribution in [0.3, 0.4) is 0 Å². The topological polar surface area (TPSA) is 114 Å². The van der Waals surface area contributed by atoms with Gasteiger partial charge in [-0.25, -0.2) is 4.90 Å². The summed E-state index contributed by atoms with van der Waals surface area (Å²) in [4.78, 5) is 47.7. The lowest BCUT2D eigenvalue weighted by molar-refractivity contribution is -0.172. The van der Waals surface area contributed by atoms with Gasteiger partial charge in [0.25, 0.3) is 11.8 Å². The van der Waals surface area contributed by atoms with E-state index in [-0.39, 0.29) is 24.0 Å². The molecular formula is C15H15NO7. The average Bonchev–Trinajstić information content (AvgIpc) is 3.28. The fraction of sp³-hybridized carbons (Fsp3) is 0.600. The SMILES string of the molecule is O=C(O)C1C2CCC(C3OC23)C1C(=O)OCN1C(=O)C=CC1=O. The van der Waals surface area contributed by atoms with Crippen LogP contribution in [0.1, 0.15) is 12.8 Å². The summed E-state index contributed by atoms with van der Waals surface area (Å²) in [6.07, 6.45) is 3.56. The molecule has 0 spiro atoms. The Morgan fingerprint density at radius 3 is 2.26 bits per heavy atom. The molecule has 2 heterocycles. The monoisotopic (exact) mass is 321 g/mol. The summed E-state index contributed by atoms with van der Waals surface area (Å²) in [6, 6.07) is 0. The first kappa shape index (κ1) is 14.4. The predicted octanol–water partition coefficient (Wildman–Crippen LogP) is -0.464. The summed E-state index contributed by atoms with van der Waals surface area (Å²) in [7, 11) is 0. The van der Waals surface area contributed by atoms with E-state index in [0.29, 0.717) is 0 Å². The molecule has 1 N–H and O–H groups in total. The number of amides is 2. The number of rotatable bonds is 4. The first-order valence-electron chi connectivity index (χ1n) is 7.57. The second-order valence-corrected chi connectivity index (χ2v) is 6.39. The minimum atomic E-state index is -1.02. The molecule has 122 valence electrons. The van der Waals surface area contributed by atoms with E-state index in [1.165, 1.54) is 0 Å². The molecule has 2 amide bonds. The van der Waals surface area contributed by atoms with Crippen LogP contribution in [0.4, 0.5) is 0 Å². The third-order valence-electron chi connectivity index (χ3n) is 5.34. The van der Waals surface area contributed by atoms with Crippen molar-refractivity contribution < 1.29 is 33.8 Å². The molecule has 6 atom stereocenters. The smallest absolute Gasteiger partial charge is 0.311 e. The Morgan fingerprint density at radius 2 is 1.70 bits per heavy atom. The van der Waals surface area contributed by atoms with Crippen molar-refractivity contribution in [3.8, 4) is 0 Å². The van der Waals surface area contributed by atoms with Crippen LogP contribution in [-0.2, 0) is 28.7 Å². The van der Waals surface area contributed by atoms with Crippen molar-refractivity contribution in [2.45, 2.75) is 25.0 Å². The number of carboxylic acid groups (broad SMARTS) is 1. The summed E-state index contributed by atoms with van der Waals surface area (Å²) < 4.78 is 10.6. The van der Waals surface area contributed by atoms with Crippen LogP contribution >= 0.6 is 0 Å². The van der Waals surface area contributed by atoms with Gasteiger partial charge in [-0.15, -0.1) is 0 Å². The van der Waals surface area contributed by atoms with Crippen LogP contribution in [0.5, 0.6) is 0 Å². The standard InChI is InChI=1S/C15H15NO7/c17-8-3-4-9(18)16(8)5-22-15(21)11-7-2-1-6(10(11)14(19)20)12-13(7)23-12/h3-4,6-7,10-13H,1-2,5H2,(H,19,20). The maximum atomic E-state index is 12.4. The number of nitrogens with zero attached hydrogens (tertiary/aromatic N) is 1. The van der Waals surface area contributed by atoms with E-state index in [1.807, 2.05) is 0 Å². The predicted molar refractivity (Wildman–Crippen MR) is 71.4 cm³/mol. The van der Waals surface area contributed by atoms with Crippen LogP contribution in [0.25, 0.3) is 0 Å². The van der Waals surface area contributed by atoms with Crippen molar-refractivity contribution in [3.63, 3.8) is 0 Å². The molecule has 0 aromatic rings. The molecule has 5 aliphatic rings. The highest BCUT2D eigenvalue weighted by molar-refractivity contribution is 6.12. The van der Waals surface area contributed by atoms with Crippen molar-refractivity contribution in [2.75, 3.05) is 6.73 Å². The number of esters is 1. The molecule has 23 heavy (non-hydrogen) atoms. The Labute approximate surface area is 131 Å². The van der Waals surface area contributed by atoms with Crippen molar-refractivity contribution in [1.29, 1.82) is 0 Å². The summed E-state index contributed by atoms with van der Waals surface area (Å²) in [5.41, 5.74) is 0. The van der Waals surface area contributed by atoms with Crippen molar-refractivity contribution in [1.82, 2.24) is 4.90 Å². The van der Waals surface area contributed by atoms with E-state index in [9.17, 15) is 24.3 Å². The molecule has 2 aliphatic heterocycles. The molecule has 5 rings (SSSR count). The van der Waals surface area contributed by atoms with Crippen molar-refractivity contribution in [2.24, 2.45) is 23.7 Å². The first-order valence-corrected chi connectivity index (χ1v) is 7.57. The number of aliphatic carboxylic acids is 1. The highest BCUT2D eigenvalue weighted by Gasteiger charge is 2.67. The van der Waals surface area contributed by atoms with Gasteiger partial charge in [0.1, 0.15) is 0 Å². The molecule has 4 fully saturated rings. The van der Waals surface area contributed by atoms with Gasteiger partial charge in [0.15, 0.2) is 6.73 Å². The Morgan fingerprint density at radius 1 is 1.13 bits per heavy atom. The van der Waals surface area contributed by atoms with Crippen molar-refractivity contribution >= 4 is 23.8 Å². The van der Waals surface area contributed by atoms with E-state index in [1.54, 1.807) is 0 Å². The minimum Gasteiger partial charge on any atom is -0.481 e. The lowest BCUT2D eigenvalue weighted by Crippen LogP contribution is -2.52. The van der Waals surface area contributed by atoms with Crippen LogP contribution in [-0.4, -0.2) is 52.7 Å².